The molecule has 2 aromatic carbocycles. The molecule has 4 rings (SSSR count). The van der Waals surface area contributed by atoms with E-state index in [1.165, 1.54) is 18.2 Å². The minimum Gasteiger partial charge on any atom is -0.483 e. The number of nitrogens with one attached hydrogen (secondary N) is 1. The third-order valence-electron chi connectivity index (χ3n) is 6.72. The molecule has 0 bridgehead atoms. The van der Waals surface area contributed by atoms with Crippen LogP contribution in [-0.2, 0) is 22.3 Å². The molecule has 1 saturated carbocycles. The summed E-state index contributed by atoms with van der Waals surface area (Å²) in [5, 5.41) is 2.62. The van der Waals surface area contributed by atoms with Gasteiger partial charge in [-0.15, -0.1) is 0 Å². The zero-order valence-electron chi connectivity index (χ0n) is 20.6. The molecule has 1 N–H and O–H groups in total. The van der Waals surface area contributed by atoms with Gasteiger partial charge in [-0.3, -0.25) is 14.4 Å². The van der Waals surface area contributed by atoms with Crippen molar-refractivity contribution in [2.24, 2.45) is 0 Å². The SMILES string of the molecule is CC(=O)N1CCC(N(C(=O)COc2ccccc2C(=O)NCc2cccc(C(F)(F)F)c2)C2CC2)CC1. The molecular formula is C27H30F3N3O4. The van der Waals surface area contributed by atoms with Gasteiger partial charge in [-0.05, 0) is 55.5 Å². The number of rotatable bonds is 8. The van der Waals surface area contributed by atoms with E-state index in [0.29, 0.717) is 18.7 Å². The first-order chi connectivity index (χ1) is 17.6. The van der Waals surface area contributed by atoms with E-state index in [4.69, 9.17) is 4.74 Å². The van der Waals surface area contributed by atoms with Crippen LogP contribution >= 0.6 is 0 Å². The summed E-state index contributed by atoms with van der Waals surface area (Å²) < 4.78 is 44.7. The van der Waals surface area contributed by atoms with Crippen LogP contribution in [0.3, 0.4) is 0 Å². The van der Waals surface area contributed by atoms with Crippen LogP contribution < -0.4 is 10.1 Å². The van der Waals surface area contributed by atoms with Crippen LogP contribution in [0.5, 0.6) is 5.75 Å². The second kappa shape index (κ2) is 11.2. The molecule has 0 spiro atoms. The van der Waals surface area contributed by atoms with Crippen LogP contribution in [0, 0.1) is 0 Å². The lowest BCUT2D eigenvalue weighted by atomic mass is 10.0. The number of piperidine rings is 1. The zero-order chi connectivity index (χ0) is 26.6. The van der Waals surface area contributed by atoms with Crippen molar-refractivity contribution < 1.29 is 32.3 Å². The molecule has 1 aliphatic heterocycles. The van der Waals surface area contributed by atoms with Gasteiger partial charge in [0.15, 0.2) is 6.61 Å². The third kappa shape index (κ3) is 6.81. The first kappa shape index (κ1) is 26.5. The van der Waals surface area contributed by atoms with Crippen LogP contribution in [-0.4, -0.2) is 59.3 Å². The van der Waals surface area contributed by atoms with Crippen LogP contribution in [0.15, 0.2) is 48.5 Å². The second-order valence-corrected chi connectivity index (χ2v) is 9.44. The van der Waals surface area contributed by atoms with E-state index in [9.17, 15) is 27.6 Å². The quantitative estimate of drug-likeness (QED) is 0.574. The van der Waals surface area contributed by atoms with Gasteiger partial charge >= 0.3 is 6.18 Å². The summed E-state index contributed by atoms with van der Waals surface area (Å²) in [5.41, 5.74) is -0.281. The Kier molecular flexibility index (Phi) is 8.04. The fourth-order valence-corrected chi connectivity index (χ4v) is 4.65. The normalized spacial score (nSPS) is 16.3. The van der Waals surface area contributed by atoms with E-state index in [-0.39, 0.29) is 48.4 Å². The Morgan fingerprint density at radius 3 is 2.32 bits per heavy atom. The van der Waals surface area contributed by atoms with Crippen molar-refractivity contribution in [1.29, 1.82) is 0 Å². The maximum atomic E-state index is 13.1. The van der Waals surface area contributed by atoms with Gasteiger partial charge < -0.3 is 19.9 Å². The fourth-order valence-electron chi connectivity index (χ4n) is 4.65. The molecule has 1 saturated heterocycles. The highest BCUT2D eigenvalue weighted by Crippen LogP contribution is 2.32. The number of ether oxygens (including phenoxy) is 1. The Morgan fingerprint density at radius 1 is 1.00 bits per heavy atom. The summed E-state index contributed by atoms with van der Waals surface area (Å²) in [6.07, 6.45) is -1.15. The lowest BCUT2D eigenvalue weighted by Crippen LogP contribution is -2.50. The zero-order valence-corrected chi connectivity index (χ0v) is 20.6. The smallest absolute Gasteiger partial charge is 0.416 e. The standard InChI is InChI=1S/C27H30F3N3O4/c1-18(34)32-13-11-22(12-14-32)33(21-9-10-21)25(35)17-37-24-8-3-2-7-23(24)26(36)31-16-19-5-4-6-20(15-19)27(28,29)30/h2-8,15,21-22H,9-14,16-17H2,1H3,(H,31,36). The van der Waals surface area contributed by atoms with Crippen molar-refractivity contribution in [1.82, 2.24) is 15.1 Å². The molecule has 10 heteroatoms. The minimum atomic E-state index is -4.47. The molecule has 2 aliphatic rings. The number of carbonyl (C=O) groups excluding carboxylic acids is 3. The molecule has 0 unspecified atom stereocenters. The van der Waals surface area contributed by atoms with Crippen LogP contribution in [0.1, 0.15) is 54.1 Å². The molecule has 7 nitrogen and oxygen atoms in total. The lowest BCUT2D eigenvalue weighted by Gasteiger charge is -2.38. The Balaban J connectivity index is 1.36. The highest BCUT2D eigenvalue weighted by Gasteiger charge is 2.39. The van der Waals surface area contributed by atoms with Gasteiger partial charge in [-0.1, -0.05) is 24.3 Å². The molecule has 1 heterocycles. The summed E-state index contributed by atoms with van der Waals surface area (Å²) in [4.78, 5) is 41.3. The van der Waals surface area contributed by atoms with E-state index in [1.807, 2.05) is 4.90 Å². The number of alkyl halides is 3. The first-order valence-electron chi connectivity index (χ1n) is 12.4. The molecular weight excluding hydrogens is 487 g/mol. The maximum absolute atomic E-state index is 13.1. The van der Waals surface area contributed by atoms with Gasteiger partial charge in [-0.2, -0.15) is 13.2 Å². The van der Waals surface area contributed by atoms with Gasteiger partial charge in [0.25, 0.3) is 11.8 Å². The Morgan fingerprint density at radius 2 is 1.68 bits per heavy atom. The summed E-state index contributed by atoms with van der Waals surface area (Å²) in [6, 6.07) is 11.4. The van der Waals surface area contributed by atoms with Crippen molar-refractivity contribution in [3.05, 3.63) is 65.2 Å². The average molecular weight is 518 g/mol. The maximum Gasteiger partial charge on any atom is 0.416 e. The molecule has 2 fully saturated rings. The van der Waals surface area contributed by atoms with E-state index < -0.39 is 17.6 Å². The molecule has 0 atom stereocenters. The van der Waals surface area contributed by atoms with Crippen LogP contribution in [0.2, 0.25) is 0 Å². The van der Waals surface area contributed by atoms with Crippen molar-refractivity contribution >= 4 is 17.7 Å². The fraction of sp³-hybridized carbons (Fsp3) is 0.444. The Labute approximate surface area is 213 Å². The van der Waals surface area contributed by atoms with E-state index in [0.717, 1.165) is 37.8 Å². The first-order valence-corrected chi connectivity index (χ1v) is 12.4. The van der Waals surface area contributed by atoms with Gasteiger partial charge in [0.2, 0.25) is 5.91 Å². The van der Waals surface area contributed by atoms with Crippen molar-refractivity contribution in [3.8, 4) is 5.75 Å². The number of likely N-dealkylation sites (tertiary alicyclic amines) is 1. The average Bonchev–Trinajstić information content (AvgIpc) is 3.71. The predicted molar refractivity (Wildman–Crippen MR) is 130 cm³/mol. The number of carbonyl (C=O) groups is 3. The predicted octanol–water partition coefficient (Wildman–Crippen LogP) is 4.02. The number of para-hydroxylation sites is 1. The number of halogens is 3. The molecule has 0 radical (unpaired) electrons. The summed E-state index contributed by atoms with van der Waals surface area (Å²) in [7, 11) is 0. The summed E-state index contributed by atoms with van der Waals surface area (Å²) >= 11 is 0. The second-order valence-electron chi connectivity index (χ2n) is 9.44. The Bertz CT molecular complexity index is 1140. The lowest BCUT2D eigenvalue weighted by molar-refractivity contribution is -0.139. The summed E-state index contributed by atoms with van der Waals surface area (Å²) in [5.74, 6) is -0.423. The van der Waals surface area contributed by atoms with Crippen molar-refractivity contribution in [2.45, 2.75) is 57.4 Å². The van der Waals surface area contributed by atoms with Crippen LogP contribution in [0.4, 0.5) is 13.2 Å². The number of hydrogen-bond acceptors (Lipinski definition) is 4. The molecule has 2 aromatic rings. The molecule has 37 heavy (non-hydrogen) atoms. The third-order valence-corrected chi connectivity index (χ3v) is 6.72. The monoisotopic (exact) mass is 517 g/mol. The van der Waals surface area contributed by atoms with Gasteiger partial charge in [0, 0.05) is 38.6 Å². The summed E-state index contributed by atoms with van der Waals surface area (Å²) in [6.45, 7) is 2.45. The minimum absolute atomic E-state index is 0.0361. The topological polar surface area (TPSA) is 79.0 Å². The van der Waals surface area contributed by atoms with E-state index in [1.54, 1.807) is 30.0 Å². The van der Waals surface area contributed by atoms with Gasteiger partial charge in [-0.25, -0.2) is 0 Å². The van der Waals surface area contributed by atoms with Crippen molar-refractivity contribution in [3.63, 3.8) is 0 Å². The van der Waals surface area contributed by atoms with Gasteiger partial charge in [0.1, 0.15) is 5.75 Å². The van der Waals surface area contributed by atoms with Crippen LogP contribution in [0.25, 0.3) is 0 Å². The molecule has 0 aromatic heterocycles. The number of hydrogen-bond donors (Lipinski definition) is 1. The number of benzene rings is 2. The highest BCUT2D eigenvalue weighted by atomic mass is 19.4. The highest BCUT2D eigenvalue weighted by molar-refractivity contribution is 5.97. The van der Waals surface area contributed by atoms with E-state index >= 15 is 0 Å². The largest absolute Gasteiger partial charge is 0.483 e. The Hall–Kier alpha value is -3.56. The molecule has 198 valence electrons. The molecule has 1 aliphatic carbocycles. The van der Waals surface area contributed by atoms with Crippen molar-refractivity contribution in [2.75, 3.05) is 19.7 Å². The number of amides is 3. The number of nitrogens with zero attached hydrogens (tertiary/aromatic N) is 2. The molecule has 3 amide bonds. The van der Waals surface area contributed by atoms with E-state index in [2.05, 4.69) is 5.32 Å². The van der Waals surface area contributed by atoms with Gasteiger partial charge in [0.05, 0.1) is 11.1 Å².